The van der Waals surface area contributed by atoms with E-state index in [0.29, 0.717) is 12.5 Å². The van der Waals surface area contributed by atoms with Crippen LogP contribution in [0.4, 0.5) is 0 Å². The lowest BCUT2D eigenvalue weighted by Crippen LogP contribution is -2.59. The maximum absolute atomic E-state index is 12.2. The number of hydrogen-bond donors (Lipinski definition) is 1. The highest BCUT2D eigenvalue weighted by Gasteiger charge is 2.52. The molecular weight excluding hydrogens is 230 g/mol. The van der Waals surface area contributed by atoms with Gasteiger partial charge in [0.25, 0.3) is 0 Å². The molecule has 1 saturated carbocycles. The summed E-state index contributed by atoms with van der Waals surface area (Å²) < 4.78 is 10.9. The van der Waals surface area contributed by atoms with E-state index in [2.05, 4.69) is 12.2 Å². The minimum absolute atomic E-state index is 0.192. The Kier molecular flexibility index (Phi) is 5.17. The first-order valence-electron chi connectivity index (χ1n) is 6.83. The van der Waals surface area contributed by atoms with Crippen LogP contribution in [0, 0.1) is 5.92 Å². The number of rotatable bonds is 7. The number of hydrogen-bond acceptors (Lipinski definition) is 4. The van der Waals surface area contributed by atoms with Crippen molar-refractivity contribution in [3.63, 3.8) is 0 Å². The zero-order valence-corrected chi connectivity index (χ0v) is 12.3. The van der Waals surface area contributed by atoms with Crippen LogP contribution in [0.2, 0.25) is 0 Å². The van der Waals surface area contributed by atoms with Crippen LogP contribution in [-0.4, -0.2) is 37.4 Å². The van der Waals surface area contributed by atoms with Gasteiger partial charge in [-0.1, -0.05) is 6.92 Å². The first kappa shape index (κ1) is 15.4. The van der Waals surface area contributed by atoms with Gasteiger partial charge in [0, 0.05) is 0 Å². The molecule has 18 heavy (non-hydrogen) atoms. The van der Waals surface area contributed by atoms with Crippen LogP contribution < -0.4 is 5.32 Å². The van der Waals surface area contributed by atoms with Gasteiger partial charge in [-0.05, 0) is 52.5 Å². The van der Waals surface area contributed by atoms with Gasteiger partial charge in [-0.15, -0.1) is 0 Å². The van der Waals surface area contributed by atoms with Crippen molar-refractivity contribution in [2.75, 3.05) is 20.3 Å². The summed E-state index contributed by atoms with van der Waals surface area (Å²) in [4.78, 5) is 12.2. The lowest BCUT2D eigenvalue weighted by molar-refractivity contribution is -0.156. The van der Waals surface area contributed by atoms with E-state index in [4.69, 9.17) is 9.47 Å². The minimum Gasteiger partial charge on any atom is -0.468 e. The average Bonchev–Trinajstić information content (AvgIpc) is 3.12. The molecular formula is C14H27NO3. The molecule has 0 saturated heterocycles. The zero-order chi connectivity index (χ0) is 13.8. The molecule has 1 aliphatic carbocycles. The fourth-order valence-electron chi connectivity index (χ4n) is 2.05. The van der Waals surface area contributed by atoms with E-state index >= 15 is 0 Å². The normalized spacial score (nSPS) is 19.4. The van der Waals surface area contributed by atoms with Gasteiger partial charge in [0.15, 0.2) is 0 Å². The molecule has 4 heteroatoms. The van der Waals surface area contributed by atoms with E-state index in [1.165, 1.54) is 7.11 Å². The lowest BCUT2D eigenvalue weighted by atomic mass is 9.93. The van der Waals surface area contributed by atoms with Gasteiger partial charge in [-0.3, -0.25) is 5.32 Å². The van der Waals surface area contributed by atoms with Crippen molar-refractivity contribution in [3.05, 3.63) is 0 Å². The molecule has 0 aliphatic heterocycles. The molecule has 0 radical (unpaired) electrons. The Labute approximate surface area is 110 Å². The number of ether oxygens (including phenoxy) is 2. The van der Waals surface area contributed by atoms with E-state index in [1.807, 2.05) is 20.8 Å². The van der Waals surface area contributed by atoms with Crippen LogP contribution in [-0.2, 0) is 14.3 Å². The topological polar surface area (TPSA) is 47.6 Å². The van der Waals surface area contributed by atoms with Crippen LogP contribution in [0.1, 0.15) is 47.0 Å². The predicted molar refractivity (Wildman–Crippen MR) is 71.5 cm³/mol. The third-order valence-electron chi connectivity index (χ3n) is 3.25. The van der Waals surface area contributed by atoms with E-state index in [-0.39, 0.29) is 11.6 Å². The third kappa shape index (κ3) is 3.95. The summed E-state index contributed by atoms with van der Waals surface area (Å²) in [5.41, 5.74) is -0.903. The quantitative estimate of drug-likeness (QED) is 0.710. The van der Waals surface area contributed by atoms with Gasteiger partial charge in [-0.2, -0.15) is 0 Å². The summed E-state index contributed by atoms with van der Waals surface area (Å²) in [5, 5.41) is 3.37. The molecule has 1 atom stereocenters. The first-order valence-corrected chi connectivity index (χ1v) is 6.83. The van der Waals surface area contributed by atoms with E-state index in [0.717, 1.165) is 25.8 Å². The van der Waals surface area contributed by atoms with Crippen LogP contribution in [0.3, 0.4) is 0 Å². The van der Waals surface area contributed by atoms with Crippen LogP contribution >= 0.6 is 0 Å². The highest BCUT2D eigenvalue weighted by Crippen LogP contribution is 2.41. The van der Waals surface area contributed by atoms with Gasteiger partial charge in [0.2, 0.25) is 0 Å². The smallest absolute Gasteiger partial charge is 0.328 e. The Morgan fingerprint density at radius 3 is 2.33 bits per heavy atom. The number of nitrogens with one attached hydrogen (secondary N) is 1. The van der Waals surface area contributed by atoms with Gasteiger partial charge in [0.05, 0.1) is 19.3 Å². The maximum Gasteiger partial charge on any atom is 0.328 e. The van der Waals surface area contributed by atoms with Gasteiger partial charge >= 0.3 is 5.97 Å². The van der Waals surface area contributed by atoms with Crippen molar-refractivity contribution in [1.82, 2.24) is 5.32 Å². The lowest BCUT2D eigenvalue weighted by Gasteiger charge is -2.34. The Morgan fingerprint density at radius 2 is 1.94 bits per heavy atom. The molecule has 1 aliphatic rings. The second-order valence-electron chi connectivity index (χ2n) is 6.07. The number of carbonyl (C=O) groups excluding carboxylic acids is 1. The summed E-state index contributed by atoms with van der Waals surface area (Å²) in [7, 11) is 1.45. The van der Waals surface area contributed by atoms with Crippen molar-refractivity contribution in [2.45, 2.75) is 58.1 Å². The monoisotopic (exact) mass is 257 g/mol. The first-order chi connectivity index (χ1) is 8.35. The molecule has 0 bridgehead atoms. The summed E-state index contributed by atoms with van der Waals surface area (Å²) in [5.74, 6) is 0.154. The van der Waals surface area contributed by atoms with Crippen LogP contribution in [0.15, 0.2) is 0 Å². The largest absolute Gasteiger partial charge is 0.468 e. The van der Waals surface area contributed by atoms with Crippen LogP contribution in [0.25, 0.3) is 0 Å². The molecule has 106 valence electrons. The van der Waals surface area contributed by atoms with E-state index in [9.17, 15) is 4.79 Å². The molecule has 0 amide bonds. The van der Waals surface area contributed by atoms with Crippen LogP contribution in [0.5, 0.6) is 0 Å². The standard InChI is InChI=1S/C14H27NO3/c1-6-9-15-14(11-7-8-11,12(16)17-5)10-18-13(2,3)4/h11,15H,6-10H2,1-5H3. The zero-order valence-electron chi connectivity index (χ0n) is 12.3. The highest BCUT2D eigenvalue weighted by molar-refractivity contribution is 5.82. The second-order valence-corrected chi connectivity index (χ2v) is 6.07. The number of esters is 1. The minimum atomic E-state index is -0.655. The molecule has 0 heterocycles. The molecule has 1 N–H and O–H groups in total. The molecule has 1 unspecified atom stereocenters. The summed E-state index contributed by atoms with van der Waals surface area (Å²) >= 11 is 0. The Bertz CT molecular complexity index is 281. The Balaban J connectivity index is 2.79. The molecule has 1 fully saturated rings. The summed E-state index contributed by atoms with van der Waals surface area (Å²) in [6, 6.07) is 0. The van der Waals surface area contributed by atoms with Crippen molar-refractivity contribution in [2.24, 2.45) is 5.92 Å². The second kappa shape index (κ2) is 6.02. The van der Waals surface area contributed by atoms with Crippen molar-refractivity contribution >= 4 is 5.97 Å². The van der Waals surface area contributed by atoms with Crippen molar-refractivity contribution < 1.29 is 14.3 Å². The fraction of sp³-hybridized carbons (Fsp3) is 0.929. The van der Waals surface area contributed by atoms with E-state index < -0.39 is 5.54 Å². The molecule has 1 rings (SSSR count). The molecule has 0 spiro atoms. The van der Waals surface area contributed by atoms with Gasteiger partial charge in [-0.25, -0.2) is 4.79 Å². The maximum atomic E-state index is 12.2. The fourth-order valence-corrected chi connectivity index (χ4v) is 2.05. The molecule has 0 aromatic rings. The number of methoxy groups -OCH3 is 1. The van der Waals surface area contributed by atoms with Gasteiger partial charge < -0.3 is 9.47 Å². The van der Waals surface area contributed by atoms with Crippen molar-refractivity contribution in [3.8, 4) is 0 Å². The predicted octanol–water partition coefficient (Wildman–Crippen LogP) is 2.12. The van der Waals surface area contributed by atoms with Gasteiger partial charge in [0.1, 0.15) is 5.54 Å². The highest BCUT2D eigenvalue weighted by atomic mass is 16.5. The Morgan fingerprint density at radius 1 is 1.33 bits per heavy atom. The molecule has 4 nitrogen and oxygen atoms in total. The average molecular weight is 257 g/mol. The SMILES string of the molecule is CCCNC(COC(C)(C)C)(C(=O)OC)C1CC1. The molecule has 0 aromatic heterocycles. The summed E-state index contributed by atoms with van der Waals surface area (Å²) in [6.45, 7) is 9.28. The third-order valence-corrected chi connectivity index (χ3v) is 3.25. The van der Waals surface area contributed by atoms with E-state index in [1.54, 1.807) is 0 Å². The number of carbonyl (C=O) groups is 1. The van der Waals surface area contributed by atoms with Crippen molar-refractivity contribution in [1.29, 1.82) is 0 Å². The molecule has 0 aromatic carbocycles. The summed E-state index contributed by atoms with van der Waals surface area (Å²) in [6.07, 6.45) is 3.12. The Hall–Kier alpha value is -0.610.